The highest BCUT2D eigenvalue weighted by molar-refractivity contribution is 5.83. The molecule has 0 saturated heterocycles. The van der Waals surface area contributed by atoms with E-state index in [0.29, 0.717) is 5.92 Å². The Labute approximate surface area is 104 Å². The van der Waals surface area contributed by atoms with Crippen LogP contribution < -0.4 is 5.32 Å². The van der Waals surface area contributed by atoms with E-state index >= 15 is 0 Å². The molecule has 2 radical (unpaired) electrons. The highest BCUT2D eigenvalue weighted by Gasteiger charge is 2.13. The fourth-order valence-corrected chi connectivity index (χ4v) is 1.82. The molecule has 1 atom stereocenters. The second kappa shape index (κ2) is 6.43. The molecule has 1 amide bonds. The number of nitrogens with one attached hydrogen (secondary N) is 1. The molecule has 2 nitrogen and oxygen atoms in total. The average molecular weight is 231 g/mol. The summed E-state index contributed by atoms with van der Waals surface area (Å²) in [4.78, 5) is 11.6. The lowest BCUT2D eigenvalue weighted by molar-refractivity contribution is -0.122. The molecule has 17 heavy (non-hydrogen) atoms. The second-order valence-electron chi connectivity index (χ2n) is 4.81. The summed E-state index contributed by atoms with van der Waals surface area (Å²) < 4.78 is 0. The molecule has 0 aliphatic rings. The van der Waals surface area contributed by atoms with Crippen molar-refractivity contribution in [3.63, 3.8) is 0 Å². The lowest BCUT2D eigenvalue weighted by Crippen LogP contribution is -2.27. The Morgan fingerprint density at radius 1 is 1.24 bits per heavy atom. The van der Waals surface area contributed by atoms with Gasteiger partial charge in [0.15, 0.2) is 0 Å². The van der Waals surface area contributed by atoms with Crippen LogP contribution >= 0.6 is 0 Å². The van der Waals surface area contributed by atoms with Gasteiger partial charge in [0.05, 0.1) is 5.92 Å². The number of benzene rings is 1. The zero-order valence-corrected chi connectivity index (χ0v) is 10.9. The molecule has 92 valence electrons. The molecule has 1 aromatic carbocycles. The summed E-state index contributed by atoms with van der Waals surface area (Å²) in [5, 5.41) is 2.63. The number of hydrogen-bond donors (Lipinski definition) is 1. The summed E-state index contributed by atoms with van der Waals surface area (Å²) in [7, 11) is 0. The van der Waals surface area contributed by atoms with Crippen LogP contribution in [-0.2, 0) is 11.2 Å². The quantitative estimate of drug-likeness (QED) is 0.829. The Morgan fingerprint density at radius 3 is 2.29 bits per heavy atom. The number of hydrogen-bond acceptors (Lipinski definition) is 1. The summed E-state index contributed by atoms with van der Waals surface area (Å²) >= 11 is 0. The van der Waals surface area contributed by atoms with Gasteiger partial charge in [-0.3, -0.25) is 4.79 Å². The van der Waals surface area contributed by atoms with E-state index in [2.05, 4.69) is 31.3 Å². The van der Waals surface area contributed by atoms with E-state index in [9.17, 15) is 4.79 Å². The average Bonchev–Trinajstić information content (AvgIpc) is 2.28. The summed E-state index contributed by atoms with van der Waals surface area (Å²) in [6.07, 6.45) is 1.07. The van der Waals surface area contributed by atoms with Gasteiger partial charge in [0, 0.05) is 6.54 Å². The first kappa shape index (κ1) is 13.8. The lowest BCUT2D eigenvalue weighted by Gasteiger charge is -2.12. The third kappa shape index (κ3) is 4.22. The topological polar surface area (TPSA) is 29.1 Å². The third-order valence-electron chi connectivity index (χ3n) is 2.79. The van der Waals surface area contributed by atoms with E-state index in [1.54, 1.807) is 0 Å². The number of amides is 1. The van der Waals surface area contributed by atoms with Crippen LogP contribution in [-0.4, -0.2) is 12.5 Å². The van der Waals surface area contributed by atoms with Gasteiger partial charge in [-0.1, -0.05) is 38.1 Å². The van der Waals surface area contributed by atoms with Crippen LogP contribution in [0.5, 0.6) is 0 Å². The molecule has 0 aromatic heterocycles. The minimum absolute atomic E-state index is 0.0240. The Hall–Kier alpha value is -1.31. The van der Waals surface area contributed by atoms with Crippen LogP contribution in [0.4, 0.5) is 0 Å². The zero-order valence-electron chi connectivity index (χ0n) is 10.9. The minimum Gasteiger partial charge on any atom is -0.355 e. The van der Waals surface area contributed by atoms with Crippen LogP contribution in [0, 0.1) is 12.8 Å². The van der Waals surface area contributed by atoms with E-state index in [4.69, 9.17) is 6.92 Å². The van der Waals surface area contributed by atoms with Crippen molar-refractivity contribution in [3.8, 4) is 0 Å². The molecule has 1 rings (SSSR count). The maximum Gasteiger partial charge on any atom is 0.227 e. The van der Waals surface area contributed by atoms with Crippen LogP contribution in [0.3, 0.4) is 0 Å². The van der Waals surface area contributed by atoms with Crippen molar-refractivity contribution in [1.82, 2.24) is 5.32 Å². The zero-order chi connectivity index (χ0) is 12.8. The van der Waals surface area contributed by atoms with Crippen molar-refractivity contribution in [2.75, 3.05) is 6.54 Å². The molecule has 0 bridgehead atoms. The summed E-state index contributed by atoms with van der Waals surface area (Å²) in [6.45, 7) is 11.8. The first-order valence-electron chi connectivity index (χ1n) is 6.11. The van der Waals surface area contributed by atoms with Crippen molar-refractivity contribution in [2.45, 2.75) is 33.1 Å². The third-order valence-corrected chi connectivity index (χ3v) is 2.79. The normalized spacial score (nSPS) is 12.5. The molecule has 0 unspecified atom stereocenters. The molecule has 1 N–H and O–H groups in total. The Morgan fingerprint density at radius 2 is 1.82 bits per heavy atom. The van der Waals surface area contributed by atoms with E-state index < -0.39 is 0 Å². The molecule has 0 heterocycles. The van der Waals surface area contributed by atoms with Crippen LogP contribution in [0.15, 0.2) is 24.3 Å². The summed E-state index contributed by atoms with van der Waals surface area (Å²) in [5.74, 6) is 0.481. The van der Waals surface area contributed by atoms with Crippen LogP contribution in [0.2, 0.25) is 0 Å². The van der Waals surface area contributed by atoms with Gasteiger partial charge in [-0.2, -0.15) is 0 Å². The first-order chi connectivity index (χ1) is 8.04. The van der Waals surface area contributed by atoms with E-state index in [1.807, 2.05) is 19.1 Å². The monoisotopic (exact) mass is 231 g/mol. The standard InChI is InChI=1S/C15H21NO/c1-5-16-15(17)12(4)14-8-6-13(7-9-14)10-11(2)3/h1,6-9,11-12H,5,10H2,2-4H3,(H,16,17)/t12-/m1/s1. The van der Waals surface area contributed by atoms with Crippen molar-refractivity contribution >= 4 is 5.91 Å². The molecule has 0 aliphatic carbocycles. The molecule has 1 aromatic rings. The van der Waals surface area contributed by atoms with E-state index in [0.717, 1.165) is 12.0 Å². The van der Waals surface area contributed by atoms with E-state index in [1.165, 1.54) is 5.56 Å². The van der Waals surface area contributed by atoms with Crippen molar-refractivity contribution in [3.05, 3.63) is 42.3 Å². The fourth-order valence-electron chi connectivity index (χ4n) is 1.82. The van der Waals surface area contributed by atoms with Gasteiger partial charge in [0.2, 0.25) is 5.91 Å². The Bertz CT molecular complexity index is 354. The maximum absolute atomic E-state index is 11.6. The Balaban J connectivity index is 2.70. The van der Waals surface area contributed by atoms with E-state index in [-0.39, 0.29) is 18.4 Å². The molecular weight excluding hydrogens is 210 g/mol. The van der Waals surface area contributed by atoms with Crippen molar-refractivity contribution < 1.29 is 4.79 Å². The molecule has 0 saturated carbocycles. The van der Waals surface area contributed by atoms with Crippen molar-refractivity contribution in [2.24, 2.45) is 5.92 Å². The molecular formula is C15H21NO. The Kier molecular flexibility index (Phi) is 5.20. The van der Waals surface area contributed by atoms with Gasteiger partial charge >= 0.3 is 0 Å². The number of rotatable bonds is 5. The molecule has 0 fully saturated rings. The van der Waals surface area contributed by atoms with Crippen LogP contribution in [0.25, 0.3) is 0 Å². The minimum atomic E-state index is -0.147. The van der Waals surface area contributed by atoms with Crippen molar-refractivity contribution in [1.29, 1.82) is 0 Å². The lowest BCUT2D eigenvalue weighted by atomic mass is 9.96. The predicted molar refractivity (Wildman–Crippen MR) is 70.7 cm³/mol. The van der Waals surface area contributed by atoms with Gasteiger partial charge in [-0.15, -0.1) is 0 Å². The van der Waals surface area contributed by atoms with Gasteiger partial charge in [0.25, 0.3) is 0 Å². The molecule has 0 spiro atoms. The first-order valence-corrected chi connectivity index (χ1v) is 6.11. The highest BCUT2D eigenvalue weighted by atomic mass is 16.1. The molecule has 0 aliphatic heterocycles. The summed E-state index contributed by atoms with van der Waals surface area (Å²) in [6, 6.07) is 8.25. The maximum atomic E-state index is 11.6. The molecule has 2 heteroatoms. The van der Waals surface area contributed by atoms with Gasteiger partial charge < -0.3 is 5.32 Å². The van der Waals surface area contributed by atoms with Gasteiger partial charge in [-0.25, -0.2) is 0 Å². The van der Waals surface area contributed by atoms with Crippen LogP contribution in [0.1, 0.15) is 37.8 Å². The summed E-state index contributed by atoms with van der Waals surface area (Å²) in [5.41, 5.74) is 2.35. The van der Waals surface area contributed by atoms with Gasteiger partial charge in [-0.05, 0) is 37.3 Å². The number of carbonyl (C=O) groups is 1. The number of carbonyl (C=O) groups excluding carboxylic acids is 1. The SMILES string of the molecule is [CH]CNC(=O)[C@H](C)c1ccc(CC(C)C)cc1. The predicted octanol–water partition coefficient (Wildman–Crippen LogP) is 2.82. The van der Waals surface area contributed by atoms with Gasteiger partial charge in [0.1, 0.15) is 0 Å². The highest BCUT2D eigenvalue weighted by Crippen LogP contribution is 2.17. The largest absolute Gasteiger partial charge is 0.355 e. The second-order valence-corrected chi connectivity index (χ2v) is 4.81. The smallest absolute Gasteiger partial charge is 0.227 e. The fraction of sp³-hybridized carbons (Fsp3) is 0.467.